The number of nitro groups is 1. The molecule has 3 heterocycles. The molecule has 1 aliphatic rings. The van der Waals surface area contributed by atoms with Crippen LogP contribution >= 0.6 is 11.8 Å². The summed E-state index contributed by atoms with van der Waals surface area (Å²) in [6.07, 6.45) is 4.59. The molecule has 2 aromatic carbocycles. The van der Waals surface area contributed by atoms with Crippen molar-refractivity contribution < 1.29 is 14.1 Å². The zero-order valence-electron chi connectivity index (χ0n) is 16.6. The van der Waals surface area contributed by atoms with Gasteiger partial charge < -0.3 is 19.8 Å². The Kier molecular flexibility index (Phi) is 5.08. The van der Waals surface area contributed by atoms with Crippen LogP contribution in [0.2, 0.25) is 0 Å². The number of aromatic nitrogens is 2. The van der Waals surface area contributed by atoms with Gasteiger partial charge in [0.1, 0.15) is 18.1 Å². The zero-order chi connectivity index (χ0) is 22.1. The van der Waals surface area contributed by atoms with Crippen LogP contribution < -0.4 is 5.32 Å². The van der Waals surface area contributed by atoms with Crippen LogP contribution in [0.25, 0.3) is 6.08 Å². The molecule has 158 valence electrons. The predicted molar refractivity (Wildman–Crippen MR) is 120 cm³/mol. The van der Waals surface area contributed by atoms with Gasteiger partial charge in [-0.05, 0) is 59.5 Å². The normalized spacial score (nSPS) is 12.2. The highest BCUT2D eigenvalue weighted by molar-refractivity contribution is 7.99. The van der Waals surface area contributed by atoms with E-state index in [1.807, 2.05) is 36.4 Å². The Morgan fingerprint density at radius 3 is 2.81 bits per heavy atom. The molecule has 0 fully saturated rings. The van der Waals surface area contributed by atoms with Gasteiger partial charge in [-0.3, -0.25) is 4.79 Å². The Balaban J connectivity index is 1.26. The van der Waals surface area contributed by atoms with Gasteiger partial charge in [-0.15, -0.1) is 0 Å². The van der Waals surface area contributed by atoms with Crippen LogP contribution in [0.15, 0.2) is 87.1 Å². The van der Waals surface area contributed by atoms with Crippen molar-refractivity contribution in [1.29, 1.82) is 0 Å². The van der Waals surface area contributed by atoms with Gasteiger partial charge in [0.2, 0.25) is 0 Å². The molecule has 0 saturated carbocycles. The van der Waals surface area contributed by atoms with E-state index in [0.29, 0.717) is 17.1 Å². The van der Waals surface area contributed by atoms with E-state index in [1.54, 1.807) is 30.0 Å². The monoisotopic (exact) mass is 444 g/mol. The Morgan fingerprint density at radius 1 is 1.12 bits per heavy atom. The first-order valence-electron chi connectivity index (χ1n) is 9.72. The van der Waals surface area contributed by atoms with Crippen LogP contribution in [0.4, 0.5) is 17.2 Å². The summed E-state index contributed by atoms with van der Waals surface area (Å²) in [4.78, 5) is 25.1. The summed E-state index contributed by atoms with van der Waals surface area (Å²) >= 11 is 1.67. The van der Waals surface area contributed by atoms with E-state index < -0.39 is 4.92 Å². The molecule has 4 aromatic rings. The quantitative estimate of drug-likeness (QED) is 0.159. The second kappa shape index (κ2) is 8.20. The fraction of sp³-hybridized carbons (Fsp3) is 0.0435. The lowest BCUT2D eigenvalue weighted by atomic mass is 10.1. The number of hydrogen-bond donors (Lipinski definition) is 1. The molecule has 0 unspecified atom stereocenters. The third kappa shape index (κ3) is 4.06. The number of allylic oxidation sites excluding steroid dienone is 1. The molecule has 5 rings (SSSR count). The highest BCUT2D eigenvalue weighted by atomic mass is 32.2. The summed E-state index contributed by atoms with van der Waals surface area (Å²) in [5, 5.41) is 18.0. The fourth-order valence-electron chi connectivity index (χ4n) is 3.31. The van der Waals surface area contributed by atoms with Gasteiger partial charge in [0, 0.05) is 15.4 Å². The van der Waals surface area contributed by atoms with Crippen molar-refractivity contribution in [2.45, 2.75) is 16.3 Å². The lowest BCUT2D eigenvalue weighted by molar-refractivity contribution is -0.389. The molecule has 8 nitrogen and oxygen atoms in total. The second-order valence-electron chi connectivity index (χ2n) is 7.06. The maximum Gasteiger partial charge on any atom is 0.389 e. The molecule has 0 radical (unpaired) electrons. The highest BCUT2D eigenvalue weighted by Crippen LogP contribution is 2.44. The summed E-state index contributed by atoms with van der Waals surface area (Å²) in [6.45, 7) is 0.255. The van der Waals surface area contributed by atoms with Crippen molar-refractivity contribution >= 4 is 40.8 Å². The van der Waals surface area contributed by atoms with Crippen molar-refractivity contribution in [3.05, 3.63) is 100 Å². The van der Waals surface area contributed by atoms with Crippen molar-refractivity contribution in [1.82, 2.24) is 9.78 Å². The molecule has 0 atom stereocenters. The number of rotatable bonds is 6. The standard InChI is InChI=1S/C23H16N4O4S/c28-20(15-5-10-22-19(13-15)24-18-3-1-2-4-21(18)32-22)9-8-16-6-7-17(31-16)14-26-12-11-23(25-26)27(29)30/h1-13,24H,14H2/b9-8+. The molecule has 2 aromatic heterocycles. The van der Waals surface area contributed by atoms with Crippen LogP contribution in [0, 0.1) is 10.1 Å². The number of carbonyl (C=O) groups is 1. The smallest absolute Gasteiger partial charge is 0.389 e. The van der Waals surface area contributed by atoms with E-state index in [9.17, 15) is 14.9 Å². The van der Waals surface area contributed by atoms with Crippen LogP contribution in [0.1, 0.15) is 21.9 Å². The first-order chi connectivity index (χ1) is 15.5. The molecule has 0 amide bonds. The minimum absolute atomic E-state index is 0.140. The third-order valence-corrected chi connectivity index (χ3v) is 6.01. The van der Waals surface area contributed by atoms with Gasteiger partial charge >= 0.3 is 5.82 Å². The molecule has 9 heteroatoms. The van der Waals surface area contributed by atoms with Crippen LogP contribution in [0.5, 0.6) is 0 Å². The molecule has 0 aliphatic carbocycles. The van der Waals surface area contributed by atoms with Crippen LogP contribution in [-0.4, -0.2) is 20.5 Å². The molecule has 1 aliphatic heterocycles. The third-order valence-electron chi connectivity index (χ3n) is 4.85. The lowest BCUT2D eigenvalue weighted by Gasteiger charge is -2.20. The topological polar surface area (TPSA) is 103 Å². The number of furan rings is 1. The number of anilines is 2. The van der Waals surface area contributed by atoms with Crippen molar-refractivity contribution in [3.8, 4) is 0 Å². The van der Waals surface area contributed by atoms with E-state index in [2.05, 4.69) is 16.5 Å². The summed E-state index contributed by atoms with van der Waals surface area (Å²) < 4.78 is 7.11. The number of fused-ring (bicyclic) bond motifs is 2. The largest absolute Gasteiger partial charge is 0.460 e. The molecule has 32 heavy (non-hydrogen) atoms. The average molecular weight is 444 g/mol. The Labute approximate surface area is 186 Å². The SMILES string of the molecule is O=C(/C=C/c1ccc(Cn2ccc([N+](=O)[O-])n2)o1)c1ccc2c(c1)Nc1ccccc1S2. The molecular formula is C23H16N4O4S. The number of carbonyl (C=O) groups excluding carboxylic acids is 1. The average Bonchev–Trinajstić information content (AvgIpc) is 3.45. The van der Waals surface area contributed by atoms with Gasteiger partial charge in [0.25, 0.3) is 0 Å². The minimum Gasteiger partial charge on any atom is -0.460 e. The van der Waals surface area contributed by atoms with Gasteiger partial charge in [-0.25, -0.2) is 0 Å². The summed E-state index contributed by atoms with van der Waals surface area (Å²) in [6, 6.07) is 18.5. The minimum atomic E-state index is -0.550. The van der Waals surface area contributed by atoms with E-state index in [0.717, 1.165) is 21.2 Å². The van der Waals surface area contributed by atoms with Gasteiger partial charge in [-0.1, -0.05) is 23.9 Å². The lowest BCUT2D eigenvalue weighted by Crippen LogP contribution is -2.02. The first kappa shape index (κ1) is 19.8. The number of nitrogens with zero attached hydrogens (tertiary/aromatic N) is 3. The number of para-hydroxylation sites is 1. The van der Waals surface area contributed by atoms with Gasteiger partial charge in [0.15, 0.2) is 5.78 Å². The molecular weight excluding hydrogens is 428 g/mol. The van der Waals surface area contributed by atoms with Crippen molar-refractivity contribution in [2.24, 2.45) is 0 Å². The summed E-state index contributed by atoms with van der Waals surface area (Å²) in [5.41, 5.74) is 2.50. The van der Waals surface area contributed by atoms with Crippen molar-refractivity contribution in [2.75, 3.05) is 5.32 Å². The summed E-state index contributed by atoms with van der Waals surface area (Å²) in [7, 11) is 0. The van der Waals surface area contributed by atoms with E-state index in [-0.39, 0.29) is 18.1 Å². The molecule has 0 saturated heterocycles. The fourth-order valence-corrected chi connectivity index (χ4v) is 4.28. The predicted octanol–water partition coefficient (Wildman–Crippen LogP) is 5.54. The van der Waals surface area contributed by atoms with Gasteiger partial charge in [-0.2, -0.15) is 4.68 Å². The number of ketones is 1. The van der Waals surface area contributed by atoms with Gasteiger partial charge in [0.05, 0.1) is 28.7 Å². The van der Waals surface area contributed by atoms with Crippen LogP contribution in [-0.2, 0) is 6.54 Å². The molecule has 1 N–H and O–H groups in total. The maximum atomic E-state index is 12.7. The number of nitrogens with one attached hydrogen (secondary N) is 1. The number of hydrogen-bond acceptors (Lipinski definition) is 7. The number of benzene rings is 2. The van der Waals surface area contributed by atoms with E-state index in [4.69, 9.17) is 4.42 Å². The first-order valence-corrected chi connectivity index (χ1v) is 10.5. The Bertz CT molecular complexity index is 1370. The Hall–Kier alpha value is -4.11. The van der Waals surface area contributed by atoms with E-state index in [1.165, 1.54) is 23.0 Å². The second-order valence-corrected chi connectivity index (χ2v) is 8.15. The van der Waals surface area contributed by atoms with Crippen LogP contribution in [0.3, 0.4) is 0 Å². The molecule has 0 bridgehead atoms. The highest BCUT2D eigenvalue weighted by Gasteiger charge is 2.17. The Morgan fingerprint density at radius 2 is 1.97 bits per heavy atom. The zero-order valence-corrected chi connectivity index (χ0v) is 17.4. The van der Waals surface area contributed by atoms with Crippen molar-refractivity contribution in [3.63, 3.8) is 0 Å². The summed E-state index contributed by atoms with van der Waals surface area (Å²) in [5.74, 6) is 0.724. The maximum absolute atomic E-state index is 12.7. The molecule has 0 spiro atoms. The van der Waals surface area contributed by atoms with E-state index >= 15 is 0 Å².